The van der Waals surface area contributed by atoms with E-state index >= 15 is 0 Å². The van der Waals surface area contributed by atoms with Gasteiger partial charge in [0.15, 0.2) is 12.6 Å². The first kappa shape index (κ1) is 13.4. The lowest BCUT2D eigenvalue weighted by Gasteiger charge is -2.07. The normalized spacial score (nSPS) is 10.2. The lowest BCUT2D eigenvalue weighted by molar-refractivity contribution is 0.0239. The van der Waals surface area contributed by atoms with Gasteiger partial charge in [-0.25, -0.2) is 0 Å². The minimum absolute atomic E-state index is 0.0668. The Hall–Kier alpha value is -0.710. The first-order valence-electron chi connectivity index (χ1n) is 4.77. The minimum atomic E-state index is -0.0668. The van der Waals surface area contributed by atoms with Gasteiger partial charge in [0.2, 0.25) is 0 Å². The van der Waals surface area contributed by atoms with Crippen molar-refractivity contribution in [3.8, 4) is 5.75 Å². The van der Waals surface area contributed by atoms with E-state index in [0.29, 0.717) is 28.7 Å². The summed E-state index contributed by atoms with van der Waals surface area (Å²) in [5.74, 6) is 1.16. The summed E-state index contributed by atoms with van der Waals surface area (Å²) in [5.41, 5.74) is 0.491. The number of hydrogen-bond acceptors (Lipinski definition) is 4. The van der Waals surface area contributed by atoms with Crippen molar-refractivity contribution >= 4 is 30.0 Å². The van der Waals surface area contributed by atoms with E-state index in [9.17, 15) is 4.79 Å². The first-order chi connectivity index (χ1) is 7.65. The predicted octanol–water partition coefficient (Wildman–Crippen LogP) is 2.83. The molecular formula is C11H13ClO3S. The van der Waals surface area contributed by atoms with E-state index < -0.39 is 0 Å². The van der Waals surface area contributed by atoms with Crippen molar-refractivity contribution in [1.82, 2.24) is 0 Å². The lowest BCUT2D eigenvalue weighted by atomic mass is 10.1. The van der Waals surface area contributed by atoms with Gasteiger partial charge in [-0.1, -0.05) is 11.6 Å². The molecule has 0 radical (unpaired) electrons. The van der Waals surface area contributed by atoms with Gasteiger partial charge < -0.3 is 9.47 Å². The van der Waals surface area contributed by atoms with Gasteiger partial charge in [0.1, 0.15) is 5.75 Å². The quantitative estimate of drug-likeness (QED) is 0.370. The number of carbonyl (C=O) groups is 1. The molecule has 0 saturated carbocycles. The van der Waals surface area contributed by atoms with E-state index in [-0.39, 0.29) is 12.6 Å². The van der Waals surface area contributed by atoms with Gasteiger partial charge in [0.05, 0.1) is 11.6 Å². The van der Waals surface area contributed by atoms with Crippen LogP contribution in [-0.2, 0) is 4.74 Å². The second-order valence-corrected chi connectivity index (χ2v) is 3.95. The molecule has 0 unspecified atom stereocenters. The number of ketones is 1. The van der Waals surface area contributed by atoms with Crippen LogP contribution in [0, 0.1) is 0 Å². The molecule has 1 aromatic carbocycles. The highest BCUT2D eigenvalue weighted by Gasteiger charge is 2.06. The summed E-state index contributed by atoms with van der Waals surface area (Å²) >= 11 is 9.90. The van der Waals surface area contributed by atoms with Crippen molar-refractivity contribution < 1.29 is 14.3 Å². The van der Waals surface area contributed by atoms with Crippen LogP contribution in [-0.4, -0.2) is 24.9 Å². The number of ether oxygens (including phenoxy) is 2. The van der Waals surface area contributed by atoms with Gasteiger partial charge in [-0.3, -0.25) is 4.79 Å². The monoisotopic (exact) mass is 260 g/mol. The molecule has 1 rings (SSSR count). The van der Waals surface area contributed by atoms with Crippen LogP contribution in [0.4, 0.5) is 0 Å². The Morgan fingerprint density at radius 1 is 1.50 bits per heavy atom. The molecule has 0 aliphatic carbocycles. The van der Waals surface area contributed by atoms with Crippen molar-refractivity contribution in [3.05, 3.63) is 28.8 Å². The highest BCUT2D eigenvalue weighted by atomic mass is 35.5. The van der Waals surface area contributed by atoms with E-state index in [2.05, 4.69) is 12.6 Å². The molecule has 0 atom stereocenters. The van der Waals surface area contributed by atoms with Crippen LogP contribution in [0.3, 0.4) is 0 Å². The number of benzene rings is 1. The molecule has 0 spiro atoms. The lowest BCUT2D eigenvalue weighted by Crippen LogP contribution is -2.05. The second kappa shape index (κ2) is 6.78. The van der Waals surface area contributed by atoms with Crippen LogP contribution >= 0.6 is 24.2 Å². The van der Waals surface area contributed by atoms with Gasteiger partial charge in [-0.15, -0.1) is 0 Å². The maximum atomic E-state index is 11.1. The number of Topliss-reactive ketones (excluding diaryl/α,β-unsaturated/α-hetero) is 1. The molecule has 0 saturated heterocycles. The maximum Gasteiger partial charge on any atom is 0.189 e. The molecule has 0 aliphatic heterocycles. The predicted molar refractivity (Wildman–Crippen MR) is 66.8 cm³/mol. The van der Waals surface area contributed by atoms with Crippen molar-refractivity contribution in [3.63, 3.8) is 0 Å². The molecule has 0 aromatic heterocycles. The number of halogens is 1. The number of rotatable bonds is 6. The Morgan fingerprint density at radius 3 is 2.81 bits per heavy atom. The van der Waals surface area contributed by atoms with Crippen molar-refractivity contribution in [2.24, 2.45) is 0 Å². The molecule has 5 heteroatoms. The van der Waals surface area contributed by atoms with E-state index in [1.54, 1.807) is 18.2 Å². The molecule has 0 heterocycles. The van der Waals surface area contributed by atoms with Crippen molar-refractivity contribution in [2.45, 2.75) is 6.92 Å². The zero-order valence-electron chi connectivity index (χ0n) is 8.90. The van der Waals surface area contributed by atoms with Gasteiger partial charge in [0.25, 0.3) is 0 Å². The standard InChI is InChI=1S/C11H13ClO3S/c1-8(13)10-3-2-9(6-11(10)12)15-7-14-4-5-16/h2-3,6,16H,4-5,7H2,1H3. The number of carbonyl (C=O) groups excluding carboxylic acids is 1. The van der Waals surface area contributed by atoms with Crippen LogP contribution in [0.15, 0.2) is 18.2 Å². The molecule has 0 bridgehead atoms. The molecule has 1 aromatic rings. The highest BCUT2D eigenvalue weighted by molar-refractivity contribution is 7.80. The van der Waals surface area contributed by atoms with Gasteiger partial charge >= 0.3 is 0 Å². The summed E-state index contributed by atoms with van der Waals surface area (Å²) in [6, 6.07) is 4.92. The van der Waals surface area contributed by atoms with Crippen LogP contribution in [0.2, 0.25) is 5.02 Å². The first-order valence-corrected chi connectivity index (χ1v) is 5.78. The van der Waals surface area contributed by atoms with Crippen LogP contribution in [0.25, 0.3) is 0 Å². The number of hydrogen-bond donors (Lipinski definition) is 1. The fourth-order valence-electron chi connectivity index (χ4n) is 1.10. The SMILES string of the molecule is CC(=O)c1ccc(OCOCCS)cc1Cl. The summed E-state index contributed by atoms with van der Waals surface area (Å²) < 4.78 is 10.4. The fraction of sp³-hybridized carbons (Fsp3) is 0.364. The van der Waals surface area contributed by atoms with Crippen LogP contribution in [0.1, 0.15) is 17.3 Å². The Morgan fingerprint density at radius 2 is 2.25 bits per heavy atom. The molecule has 88 valence electrons. The Bertz CT molecular complexity index is 368. The third-order valence-electron chi connectivity index (χ3n) is 1.86. The van der Waals surface area contributed by atoms with Crippen molar-refractivity contribution in [1.29, 1.82) is 0 Å². The van der Waals surface area contributed by atoms with E-state index in [4.69, 9.17) is 21.1 Å². The Kier molecular flexibility index (Phi) is 5.66. The summed E-state index contributed by atoms with van der Waals surface area (Å²) in [6.07, 6.45) is 0. The third-order valence-corrected chi connectivity index (χ3v) is 2.36. The maximum absolute atomic E-state index is 11.1. The molecular weight excluding hydrogens is 248 g/mol. The average molecular weight is 261 g/mol. The molecule has 0 fully saturated rings. The molecule has 16 heavy (non-hydrogen) atoms. The third kappa shape index (κ3) is 4.04. The summed E-state index contributed by atoms with van der Waals surface area (Å²) in [4.78, 5) is 11.1. The Balaban J connectivity index is 2.56. The van der Waals surface area contributed by atoms with Crippen molar-refractivity contribution in [2.75, 3.05) is 19.2 Å². The summed E-state index contributed by atoms with van der Waals surface area (Å²) in [7, 11) is 0. The minimum Gasteiger partial charge on any atom is -0.468 e. The van der Waals surface area contributed by atoms with Gasteiger partial charge in [-0.05, 0) is 25.1 Å². The summed E-state index contributed by atoms with van der Waals surface area (Å²) in [5, 5.41) is 0.388. The topological polar surface area (TPSA) is 35.5 Å². The van der Waals surface area contributed by atoms with E-state index in [1.807, 2.05) is 0 Å². The summed E-state index contributed by atoms with van der Waals surface area (Å²) in [6.45, 7) is 2.15. The van der Waals surface area contributed by atoms with Gasteiger partial charge in [0, 0.05) is 11.3 Å². The zero-order valence-corrected chi connectivity index (χ0v) is 10.6. The molecule has 0 aliphatic rings. The molecule has 0 N–H and O–H groups in total. The van der Waals surface area contributed by atoms with E-state index in [1.165, 1.54) is 6.92 Å². The smallest absolute Gasteiger partial charge is 0.189 e. The number of thiol groups is 1. The largest absolute Gasteiger partial charge is 0.468 e. The fourth-order valence-corrected chi connectivity index (χ4v) is 1.54. The van der Waals surface area contributed by atoms with Crippen LogP contribution < -0.4 is 4.74 Å². The average Bonchev–Trinajstić information content (AvgIpc) is 2.24. The highest BCUT2D eigenvalue weighted by Crippen LogP contribution is 2.22. The van der Waals surface area contributed by atoms with Crippen LogP contribution in [0.5, 0.6) is 5.75 Å². The Labute approximate surface area is 105 Å². The van der Waals surface area contributed by atoms with E-state index in [0.717, 1.165) is 0 Å². The molecule has 3 nitrogen and oxygen atoms in total. The second-order valence-electron chi connectivity index (χ2n) is 3.09. The van der Waals surface area contributed by atoms with Gasteiger partial charge in [-0.2, -0.15) is 12.6 Å². The molecule has 0 amide bonds. The zero-order chi connectivity index (χ0) is 12.0.